The highest BCUT2D eigenvalue weighted by Gasteiger charge is 2.11. The normalized spacial score (nSPS) is 14.7. The average molecular weight is 396 g/mol. The highest BCUT2D eigenvalue weighted by Crippen LogP contribution is 2.09. The number of nitrogens with zero attached hydrogens (tertiary/aromatic N) is 2. The molecule has 3 N–H and O–H groups in total. The van der Waals surface area contributed by atoms with Crippen LogP contribution in [0.4, 0.5) is 0 Å². The van der Waals surface area contributed by atoms with Crippen LogP contribution in [0.1, 0.15) is 23.7 Å². The summed E-state index contributed by atoms with van der Waals surface area (Å²) in [6.45, 7) is 7.72. The summed E-state index contributed by atoms with van der Waals surface area (Å²) >= 11 is 0. The van der Waals surface area contributed by atoms with Crippen LogP contribution in [-0.2, 0) is 6.54 Å². The van der Waals surface area contributed by atoms with Crippen molar-refractivity contribution in [3.05, 3.63) is 44.6 Å². The number of piperazine rings is 1. The van der Waals surface area contributed by atoms with Crippen molar-refractivity contribution in [2.45, 2.75) is 19.9 Å². The molecule has 0 unspecified atom stereocenters. The number of hydrogen-bond donors (Lipinski definition) is 3. The molecule has 0 aliphatic carbocycles. The van der Waals surface area contributed by atoms with E-state index in [-0.39, 0.29) is 23.9 Å². The van der Waals surface area contributed by atoms with Gasteiger partial charge >= 0.3 is 5.69 Å². The molecule has 1 aromatic carbocycles. The fraction of sp³-hybridized carbons (Fsp3) is 0.500. The van der Waals surface area contributed by atoms with Crippen molar-refractivity contribution >= 4 is 29.2 Å². The Morgan fingerprint density at radius 3 is 2.67 bits per heavy atom. The second-order valence-corrected chi connectivity index (χ2v) is 6.44. The van der Waals surface area contributed by atoms with Gasteiger partial charge in [-0.3, -0.25) is 14.2 Å². The number of H-pyrrole nitrogens is 1. The first-order valence-corrected chi connectivity index (χ1v) is 9.08. The Labute approximate surface area is 163 Å². The van der Waals surface area contributed by atoms with Gasteiger partial charge in [0.2, 0.25) is 0 Å². The number of halogens is 1. The van der Waals surface area contributed by atoms with Crippen LogP contribution < -0.4 is 21.9 Å². The van der Waals surface area contributed by atoms with Crippen LogP contribution in [0.3, 0.4) is 0 Å². The minimum Gasteiger partial charge on any atom is -0.352 e. The first-order chi connectivity index (χ1) is 12.6. The van der Waals surface area contributed by atoms with Crippen LogP contribution in [0.15, 0.2) is 27.8 Å². The van der Waals surface area contributed by atoms with Gasteiger partial charge in [0.05, 0.1) is 10.9 Å². The number of rotatable bonds is 6. The summed E-state index contributed by atoms with van der Waals surface area (Å²) in [5.41, 5.74) is 0.0231. The van der Waals surface area contributed by atoms with E-state index in [1.165, 1.54) is 0 Å². The fourth-order valence-corrected chi connectivity index (χ4v) is 3.22. The molecule has 3 rings (SSSR count). The zero-order valence-electron chi connectivity index (χ0n) is 15.4. The molecule has 148 valence electrons. The SMILES string of the molecule is CCn1c(=O)[nH]c2cc(C(=O)NCCCN3CCNCC3)ccc2c1=O.Cl. The molecule has 1 saturated heterocycles. The summed E-state index contributed by atoms with van der Waals surface area (Å²) in [7, 11) is 0. The molecule has 0 spiro atoms. The molecule has 2 aromatic rings. The molecule has 1 aromatic heterocycles. The molecule has 0 bridgehead atoms. The Balaban J connectivity index is 0.00000261. The number of carbonyl (C=O) groups is 1. The zero-order valence-corrected chi connectivity index (χ0v) is 16.2. The van der Waals surface area contributed by atoms with E-state index in [1.54, 1.807) is 25.1 Å². The van der Waals surface area contributed by atoms with Gasteiger partial charge in [-0.05, 0) is 38.1 Å². The van der Waals surface area contributed by atoms with E-state index in [0.29, 0.717) is 29.6 Å². The predicted octanol–water partition coefficient (Wildman–Crippen LogP) is 0.157. The number of nitrogens with one attached hydrogen (secondary N) is 3. The first kappa shape index (κ1) is 21.1. The van der Waals surface area contributed by atoms with E-state index in [4.69, 9.17) is 0 Å². The number of carbonyl (C=O) groups excluding carboxylic acids is 1. The van der Waals surface area contributed by atoms with Crippen molar-refractivity contribution in [1.29, 1.82) is 0 Å². The molecule has 0 radical (unpaired) electrons. The number of aromatic amines is 1. The quantitative estimate of drug-likeness (QED) is 0.605. The van der Waals surface area contributed by atoms with Crippen LogP contribution in [0.2, 0.25) is 0 Å². The number of fused-ring (bicyclic) bond motifs is 1. The number of aromatic nitrogens is 2. The Hall–Kier alpha value is -2.16. The molecular weight excluding hydrogens is 370 g/mol. The molecule has 0 saturated carbocycles. The lowest BCUT2D eigenvalue weighted by molar-refractivity contribution is 0.0951. The summed E-state index contributed by atoms with van der Waals surface area (Å²) < 4.78 is 1.14. The maximum Gasteiger partial charge on any atom is 0.328 e. The molecule has 0 atom stereocenters. The molecule has 1 aliphatic heterocycles. The van der Waals surface area contributed by atoms with Crippen molar-refractivity contribution in [3.8, 4) is 0 Å². The summed E-state index contributed by atoms with van der Waals surface area (Å²) in [4.78, 5) is 41.6. The van der Waals surface area contributed by atoms with Crippen molar-refractivity contribution in [2.75, 3.05) is 39.3 Å². The summed E-state index contributed by atoms with van der Waals surface area (Å²) in [5.74, 6) is -0.201. The van der Waals surface area contributed by atoms with Gasteiger partial charge in [-0.15, -0.1) is 12.4 Å². The van der Waals surface area contributed by atoms with Gasteiger partial charge in [0.25, 0.3) is 11.5 Å². The van der Waals surface area contributed by atoms with Crippen LogP contribution in [0.5, 0.6) is 0 Å². The molecular formula is C18H26ClN5O3. The van der Waals surface area contributed by atoms with E-state index in [1.807, 2.05) is 0 Å². The molecule has 2 heterocycles. The predicted molar refractivity (Wildman–Crippen MR) is 108 cm³/mol. The third-order valence-electron chi connectivity index (χ3n) is 4.71. The third kappa shape index (κ3) is 4.97. The monoisotopic (exact) mass is 395 g/mol. The van der Waals surface area contributed by atoms with E-state index < -0.39 is 5.69 Å². The van der Waals surface area contributed by atoms with Gasteiger partial charge in [0, 0.05) is 44.8 Å². The minimum atomic E-state index is -0.460. The second kappa shape index (κ2) is 9.68. The van der Waals surface area contributed by atoms with Crippen LogP contribution in [-0.4, -0.2) is 59.6 Å². The lowest BCUT2D eigenvalue weighted by Crippen LogP contribution is -2.44. The van der Waals surface area contributed by atoms with Crippen molar-refractivity contribution in [1.82, 2.24) is 25.1 Å². The maximum absolute atomic E-state index is 12.3. The fourth-order valence-electron chi connectivity index (χ4n) is 3.22. The Morgan fingerprint density at radius 2 is 1.96 bits per heavy atom. The molecule has 1 amide bonds. The number of amides is 1. The number of hydrogen-bond acceptors (Lipinski definition) is 5. The van der Waals surface area contributed by atoms with Crippen LogP contribution in [0.25, 0.3) is 10.9 Å². The van der Waals surface area contributed by atoms with E-state index in [9.17, 15) is 14.4 Å². The molecule has 1 aliphatic rings. The van der Waals surface area contributed by atoms with Gasteiger partial charge < -0.3 is 20.5 Å². The summed E-state index contributed by atoms with van der Waals surface area (Å²) in [5, 5.41) is 6.62. The molecule has 1 fully saturated rings. The van der Waals surface area contributed by atoms with Crippen molar-refractivity contribution in [2.24, 2.45) is 0 Å². The lowest BCUT2D eigenvalue weighted by Gasteiger charge is -2.27. The van der Waals surface area contributed by atoms with Crippen molar-refractivity contribution < 1.29 is 4.79 Å². The van der Waals surface area contributed by atoms with E-state index in [2.05, 4.69) is 20.5 Å². The van der Waals surface area contributed by atoms with Crippen LogP contribution in [0, 0.1) is 0 Å². The van der Waals surface area contributed by atoms with E-state index >= 15 is 0 Å². The minimum absolute atomic E-state index is 0. The first-order valence-electron chi connectivity index (χ1n) is 9.08. The largest absolute Gasteiger partial charge is 0.352 e. The number of benzene rings is 1. The summed E-state index contributed by atoms with van der Waals surface area (Å²) in [6.07, 6.45) is 0.886. The molecule has 8 nitrogen and oxygen atoms in total. The lowest BCUT2D eigenvalue weighted by atomic mass is 10.1. The average Bonchev–Trinajstić information content (AvgIpc) is 2.65. The van der Waals surface area contributed by atoms with Gasteiger partial charge in [0.15, 0.2) is 0 Å². The second-order valence-electron chi connectivity index (χ2n) is 6.44. The van der Waals surface area contributed by atoms with Gasteiger partial charge in [0.1, 0.15) is 0 Å². The van der Waals surface area contributed by atoms with Gasteiger partial charge in [-0.2, -0.15) is 0 Å². The summed E-state index contributed by atoms with van der Waals surface area (Å²) in [6, 6.07) is 4.77. The maximum atomic E-state index is 12.3. The smallest absolute Gasteiger partial charge is 0.328 e. The Bertz CT molecular complexity index is 902. The standard InChI is InChI=1S/C18H25N5O3.ClH/c1-2-23-17(25)14-5-4-13(12-15(14)21-18(23)26)16(24)20-6-3-9-22-10-7-19-8-11-22;/h4-5,12,19H,2-3,6-11H2,1H3,(H,20,24)(H,21,26);1H. The zero-order chi connectivity index (χ0) is 18.5. The highest BCUT2D eigenvalue weighted by molar-refractivity contribution is 5.97. The van der Waals surface area contributed by atoms with Crippen LogP contribution >= 0.6 is 12.4 Å². The van der Waals surface area contributed by atoms with E-state index in [0.717, 1.165) is 43.7 Å². The third-order valence-corrected chi connectivity index (χ3v) is 4.71. The Kier molecular flexibility index (Phi) is 7.58. The Morgan fingerprint density at radius 1 is 1.22 bits per heavy atom. The highest BCUT2D eigenvalue weighted by atomic mass is 35.5. The van der Waals surface area contributed by atoms with Gasteiger partial charge in [-0.1, -0.05) is 0 Å². The topological polar surface area (TPSA) is 99.2 Å². The van der Waals surface area contributed by atoms with Gasteiger partial charge in [-0.25, -0.2) is 4.79 Å². The van der Waals surface area contributed by atoms with Crippen molar-refractivity contribution in [3.63, 3.8) is 0 Å². The molecule has 27 heavy (non-hydrogen) atoms. The molecule has 9 heteroatoms.